The van der Waals surface area contributed by atoms with Gasteiger partial charge in [0.15, 0.2) is 5.78 Å². The van der Waals surface area contributed by atoms with Crippen LogP contribution in [0.1, 0.15) is 35.7 Å². The summed E-state index contributed by atoms with van der Waals surface area (Å²) in [5.41, 5.74) is 10.5. The number of hydrogen-bond acceptors (Lipinski definition) is 8. The summed E-state index contributed by atoms with van der Waals surface area (Å²) >= 11 is 6.21. The fraction of sp³-hybridized carbons (Fsp3) is 0.250. The monoisotopic (exact) mass is 517 g/mol. The highest BCUT2D eigenvalue weighted by Gasteiger charge is 2.21. The second-order valence-corrected chi connectivity index (χ2v) is 9.61. The number of rotatable bonds is 7. The van der Waals surface area contributed by atoms with Crippen molar-refractivity contribution in [3.05, 3.63) is 71.0 Å². The number of nitrogens with one attached hydrogen (secondary N) is 1. The summed E-state index contributed by atoms with van der Waals surface area (Å²) in [5.74, 6) is 0.697. The summed E-state index contributed by atoms with van der Waals surface area (Å²) in [6.07, 6.45) is 4.64. The van der Waals surface area contributed by atoms with Gasteiger partial charge in [-0.15, -0.1) is 0 Å². The molecule has 3 heterocycles. The molecule has 0 bridgehead atoms. The van der Waals surface area contributed by atoms with Crippen LogP contribution < -0.4 is 16.0 Å². The van der Waals surface area contributed by atoms with Crippen LogP contribution in [-0.4, -0.2) is 45.1 Å². The van der Waals surface area contributed by atoms with Gasteiger partial charge in [-0.1, -0.05) is 24.6 Å². The van der Waals surface area contributed by atoms with Crippen molar-refractivity contribution in [1.82, 2.24) is 9.97 Å². The minimum Gasteiger partial charge on any atom is -0.506 e. The first-order valence-corrected chi connectivity index (χ1v) is 12.6. The third-order valence-corrected chi connectivity index (χ3v) is 6.99. The molecule has 1 unspecified atom stereocenters. The third-order valence-electron chi connectivity index (χ3n) is 6.70. The van der Waals surface area contributed by atoms with Crippen LogP contribution in [0.5, 0.6) is 5.75 Å². The van der Waals surface area contributed by atoms with E-state index in [0.29, 0.717) is 28.8 Å². The van der Waals surface area contributed by atoms with Gasteiger partial charge in [0, 0.05) is 42.7 Å². The van der Waals surface area contributed by atoms with Crippen LogP contribution in [0.4, 0.5) is 17.2 Å². The minimum absolute atomic E-state index is 0.0341. The molecule has 1 aliphatic rings. The van der Waals surface area contributed by atoms with Crippen molar-refractivity contribution in [2.45, 2.75) is 32.4 Å². The van der Waals surface area contributed by atoms with Gasteiger partial charge in [0.25, 0.3) is 0 Å². The van der Waals surface area contributed by atoms with Crippen molar-refractivity contribution in [3.63, 3.8) is 0 Å². The maximum Gasteiger partial charge on any atom is 0.166 e. The highest BCUT2D eigenvalue weighted by molar-refractivity contribution is 6.32. The Balaban J connectivity index is 1.58. The molecule has 1 atom stereocenters. The molecular weight excluding hydrogens is 490 g/mol. The predicted octanol–water partition coefficient (Wildman–Crippen LogP) is 5.02. The SMILES string of the molecule is CCC(=O)c1cnc2ccc(-c3cc(Cl)c(O)c(CO)c3)cc2c1Nc1ccc(N2CCC(N)C2)nc1. The number of hydrogen-bond donors (Lipinski definition) is 4. The quantitative estimate of drug-likeness (QED) is 0.252. The molecule has 0 spiro atoms. The van der Waals surface area contributed by atoms with Gasteiger partial charge in [-0.2, -0.15) is 0 Å². The predicted molar refractivity (Wildman–Crippen MR) is 147 cm³/mol. The number of phenols is 1. The average Bonchev–Trinajstić information content (AvgIpc) is 3.36. The summed E-state index contributed by atoms with van der Waals surface area (Å²) < 4.78 is 0. The fourth-order valence-electron chi connectivity index (χ4n) is 4.64. The van der Waals surface area contributed by atoms with Crippen LogP contribution >= 0.6 is 11.6 Å². The molecule has 0 radical (unpaired) electrons. The molecule has 5 rings (SSSR count). The van der Waals surface area contributed by atoms with E-state index in [2.05, 4.69) is 20.2 Å². The number of aromatic nitrogens is 2. The van der Waals surface area contributed by atoms with Gasteiger partial charge in [0.1, 0.15) is 11.6 Å². The molecule has 9 heteroatoms. The lowest BCUT2D eigenvalue weighted by Crippen LogP contribution is -2.26. The molecule has 2 aromatic carbocycles. The number of aliphatic hydroxyl groups excluding tert-OH is 1. The number of carbonyl (C=O) groups is 1. The van der Waals surface area contributed by atoms with Gasteiger partial charge in [0.05, 0.1) is 40.3 Å². The lowest BCUT2D eigenvalue weighted by molar-refractivity contribution is 0.0988. The van der Waals surface area contributed by atoms with Crippen LogP contribution in [0, 0.1) is 0 Å². The lowest BCUT2D eigenvalue weighted by Gasteiger charge is -2.18. The van der Waals surface area contributed by atoms with E-state index in [-0.39, 0.29) is 29.2 Å². The highest BCUT2D eigenvalue weighted by atomic mass is 35.5. The number of nitrogens with zero attached hydrogens (tertiary/aromatic N) is 3. The Hall–Kier alpha value is -3.72. The molecule has 0 saturated carbocycles. The van der Waals surface area contributed by atoms with Crippen molar-refractivity contribution in [3.8, 4) is 16.9 Å². The Kier molecular flexibility index (Phi) is 6.97. The van der Waals surface area contributed by atoms with Gasteiger partial charge in [-0.3, -0.25) is 9.78 Å². The van der Waals surface area contributed by atoms with E-state index >= 15 is 0 Å². The molecule has 1 saturated heterocycles. The number of halogens is 1. The number of nitrogens with two attached hydrogens (primary N) is 1. The van der Waals surface area contributed by atoms with E-state index in [1.165, 1.54) is 0 Å². The first-order valence-electron chi connectivity index (χ1n) is 12.2. The van der Waals surface area contributed by atoms with Gasteiger partial charge < -0.3 is 26.2 Å². The van der Waals surface area contributed by atoms with Crippen molar-refractivity contribution >= 4 is 45.5 Å². The first kappa shape index (κ1) is 25.0. The molecule has 1 fully saturated rings. The normalized spacial score (nSPS) is 15.4. The number of Topliss-reactive ketones (excluding diaryl/α,β-unsaturated/α-hetero) is 1. The molecular formula is C28H28ClN5O3. The van der Waals surface area contributed by atoms with Gasteiger partial charge in [0.2, 0.25) is 0 Å². The number of fused-ring (bicyclic) bond motifs is 1. The average molecular weight is 518 g/mol. The first-order chi connectivity index (χ1) is 17.9. The molecule has 4 aromatic rings. The zero-order valence-electron chi connectivity index (χ0n) is 20.4. The Morgan fingerprint density at radius 1 is 1.16 bits per heavy atom. The number of pyridine rings is 2. The molecule has 2 aromatic heterocycles. The second-order valence-electron chi connectivity index (χ2n) is 9.20. The van der Waals surface area contributed by atoms with Crippen LogP contribution in [-0.2, 0) is 6.61 Å². The maximum atomic E-state index is 12.9. The molecule has 37 heavy (non-hydrogen) atoms. The van der Waals surface area contributed by atoms with Crippen LogP contribution in [0.2, 0.25) is 5.02 Å². The Bertz CT molecular complexity index is 1480. The Morgan fingerprint density at radius 3 is 2.68 bits per heavy atom. The smallest absolute Gasteiger partial charge is 0.166 e. The summed E-state index contributed by atoms with van der Waals surface area (Å²) in [4.78, 5) is 24.2. The maximum absolute atomic E-state index is 12.9. The van der Waals surface area contributed by atoms with E-state index in [0.717, 1.165) is 47.5 Å². The minimum atomic E-state index is -0.344. The largest absolute Gasteiger partial charge is 0.506 e. The summed E-state index contributed by atoms with van der Waals surface area (Å²) in [5, 5.41) is 24.0. The van der Waals surface area contributed by atoms with Crippen LogP contribution in [0.15, 0.2) is 54.9 Å². The van der Waals surface area contributed by atoms with E-state index in [1.807, 2.05) is 37.3 Å². The van der Waals surface area contributed by atoms with Crippen LogP contribution in [0.3, 0.4) is 0 Å². The highest BCUT2D eigenvalue weighted by Crippen LogP contribution is 2.37. The van der Waals surface area contributed by atoms with E-state index in [1.54, 1.807) is 24.5 Å². The van der Waals surface area contributed by atoms with Crippen molar-refractivity contribution in [1.29, 1.82) is 0 Å². The molecule has 1 aliphatic heterocycles. The number of benzene rings is 2. The molecule has 8 nitrogen and oxygen atoms in total. The Labute approximate surface area is 219 Å². The van der Waals surface area contributed by atoms with Gasteiger partial charge in [-0.05, 0) is 53.9 Å². The second kappa shape index (κ2) is 10.3. The molecule has 5 N–H and O–H groups in total. The van der Waals surface area contributed by atoms with E-state index in [4.69, 9.17) is 17.3 Å². The van der Waals surface area contributed by atoms with Crippen LogP contribution in [0.25, 0.3) is 22.0 Å². The number of carbonyl (C=O) groups excluding carboxylic acids is 1. The van der Waals surface area contributed by atoms with Gasteiger partial charge >= 0.3 is 0 Å². The number of aromatic hydroxyl groups is 1. The zero-order chi connectivity index (χ0) is 26.1. The lowest BCUT2D eigenvalue weighted by atomic mass is 9.98. The molecule has 190 valence electrons. The molecule has 0 aliphatic carbocycles. The summed E-state index contributed by atoms with van der Waals surface area (Å²) in [6.45, 7) is 3.14. The van der Waals surface area contributed by atoms with Gasteiger partial charge in [-0.25, -0.2) is 4.98 Å². The van der Waals surface area contributed by atoms with Crippen molar-refractivity contribution in [2.24, 2.45) is 5.73 Å². The summed E-state index contributed by atoms with van der Waals surface area (Å²) in [6, 6.07) is 13.1. The zero-order valence-corrected chi connectivity index (χ0v) is 21.2. The topological polar surface area (TPSA) is 125 Å². The summed E-state index contributed by atoms with van der Waals surface area (Å²) in [7, 11) is 0. The van der Waals surface area contributed by atoms with Crippen molar-refractivity contribution in [2.75, 3.05) is 23.3 Å². The third kappa shape index (κ3) is 4.96. The van der Waals surface area contributed by atoms with E-state index < -0.39 is 0 Å². The standard InChI is InChI=1S/C28H28ClN5O3/c1-2-25(36)22-13-31-24-5-3-16(17-9-18(15-35)28(37)23(29)11-17)10-21(24)27(22)33-20-4-6-26(32-12-20)34-8-7-19(30)14-34/h3-6,9-13,19,35,37H,2,7-8,14-15,30H2,1H3,(H,31,33). The Morgan fingerprint density at radius 2 is 2.00 bits per heavy atom. The van der Waals surface area contributed by atoms with E-state index in [9.17, 15) is 15.0 Å². The number of anilines is 3. The van der Waals surface area contributed by atoms with Crippen molar-refractivity contribution < 1.29 is 15.0 Å². The number of aliphatic hydroxyl groups is 1. The molecule has 0 amide bonds. The number of ketones is 1. The fourth-order valence-corrected chi connectivity index (χ4v) is 4.88.